The molecule has 0 radical (unpaired) electrons. The monoisotopic (exact) mass is 237 g/mol. The molecule has 0 saturated heterocycles. The van der Waals surface area contributed by atoms with Gasteiger partial charge < -0.3 is 5.32 Å². The first-order chi connectivity index (χ1) is 8.33. The van der Waals surface area contributed by atoms with Gasteiger partial charge in [-0.2, -0.15) is 0 Å². The van der Waals surface area contributed by atoms with Crippen LogP contribution in [-0.2, 0) is 0 Å². The quantitative estimate of drug-likeness (QED) is 0.693. The lowest BCUT2D eigenvalue weighted by molar-refractivity contribution is 0.220. The summed E-state index contributed by atoms with van der Waals surface area (Å²) < 4.78 is 0. The van der Waals surface area contributed by atoms with Crippen LogP contribution in [-0.4, -0.2) is 12.6 Å². The summed E-state index contributed by atoms with van der Waals surface area (Å²) in [5.41, 5.74) is 0. The summed E-state index contributed by atoms with van der Waals surface area (Å²) in [6, 6.07) is 0.844. The van der Waals surface area contributed by atoms with Gasteiger partial charge in [0.1, 0.15) is 0 Å². The van der Waals surface area contributed by atoms with Crippen LogP contribution in [0.4, 0.5) is 0 Å². The molecule has 2 fully saturated rings. The molecule has 17 heavy (non-hydrogen) atoms. The minimum absolute atomic E-state index is 0.844. The highest BCUT2D eigenvalue weighted by atomic mass is 14.9. The van der Waals surface area contributed by atoms with Gasteiger partial charge in [-0.25, -0.2) is 0 Å². The molecule has 0 amide bonds. The van der Waals surface area contributed by atoms with E-state index in [1.165, 1.54) is 64.3 Å². The Morgan fingerprint density at radius 1 is 1.06 bits per heavy atom. The highest BCUT2D eigenvalue weighted by Gasteiger charge is 2.32. The van der Waals surface area contributed by atoms with Crippen molar-refractivity contribution in [2.45, 2.75) is 77.7 Å². The summed E-state index contributed by atoms with van der Waals surface area (Å²) in [4.78, 5) is 0. The lowest BCUT2D eigenvalue weighted by atomic mass is 9.78. The van der Waals surface area contributed by atoms with Gasteiger partial charge in [0.15, 0.2) is 0 Å². The second kappa shape index (κ2) is 6.78. The Balaban J connectivity index is 1.80. The lowest BCUT2D eigenvalue weighted by Gasteiger charge is -2.33. The van der Waals surface area contributed by atoms with E-state index in [9.17, 15) is 0 Å². The second-order valence-electron chi connectivity index (χ2n) is 6.44. The molecule has 0 bridgehead atoms. The number of hydrogen-bond donors (Lipinski definition) is 1. The van der Waals surface area contributed by atoms with Crippen LogP contribution in [0.2, 0.25) is 0 Å². The second-order valence-corrected chi connectivity index (χ2v) is 6.44. The summed E-state index contributed by atoms with van der Waals surface area (Å²) >= 11 is 0. The smallest absolute Gasteiger partial charge is 0.00980 e. The van der Waals surface area contributed by atoms with Gasteiger partial charge in [-0.3, -0.25) is 0 Å². The van der Waals surface area contributed by atoms with Crippen LogP contribution in [0.15, 0.2) is 0 Å². The van der Waals surface area contributed by atoms with E-state index in [-0.39, 0.29) is 0 Å². The first-order valence-corrected chi connectivity index (χ1v) is 8.06. The molecule has 3 atom stereocenters. The zero-order valence-corrected chi connectivity index (χ0v) is 11.9. The van der Waals surface area contributed by atoms with Crippen molar-refractivity contribution in [2.75, 3.05) is 6.54 Å². The fourth-order valence-corrected chi connectivity index (χ4v) is 3.71. The number of nitrogens with one attached hydrogen (secondary N) is 1. The van der Waals surface area contributed by atoms with Crippen LogP contribution >= 0.6 is 0 Å². The maximum atomic E-state index is 3.86. The molecule has 2 aliphatic rings. The molecule has 3 unspecified atom stereocenters. The first-order valence-electron chi connectivity index (χ1n) is 8.06. The van der Waals surface area contributed by atoms with Gasteiger partial charge in [0.2, 0.25) is 0 Å². The summed E-state index contributed by atoms with van der Waals surface area (Å²) in [5, 5.41) is 3.86. The molecule has 0 aromatic carbocycles. The van der Waals surface area contributed by atoms with Crippen LogP contribution in [0, 0.1) is 17.8 Å². The molecular formula is C16H31N. The average Bonchev–Trinajstić information content (AvgIpc) is 2.75. The zero-order valence-electron chi connectivity index (χ0n) is 11.9. The summed E-state index contributed by atoms with van der Waals surface area (Å²) in [6.45, 7) is 5.88. The van der Waals surface area contributed by atoms with Crippen LogP contribution in [0.1, 0.15) is 71.6 Å². The fraction of sp³-hybridized carbons (Fsp3) is 1.00. The van der Waals surface area contributed by atoms with E-state index in [4.69, 9.17) is 0 Å². The molecule has 1 N–H and O–H groups in total. The minimum Gasteiger partial charge on any atom is -0.314 e. The molecule has 0 aliphatic heterocycles. The molecule has 0 spiro atoms. The van der Waals surface area contributed by atoms with Gasteiger partial charge in [-0.15, -0.1) is 0 Å². The van der Waals surface area contributed by atoms with Crippen molar-refractivity contribution in [3.05, 3.63) is 0 Å². The third-order valence-corrected chi connectivity index (χ3v) is 5.20. The third-order valence-electron chi connectivity index (χ3n) is 5.20. The Morgan fingerprint density at radius 3 is 2.41 bits per heavy atom. The lowest BCUT2D eigenvalue weighted by Crippen LogP contribution is -2.38. The van der Waals surface area contributed by atoms with Gasteiger partial charge in [-0.05, 0) is 50.0 Å². The normalized spacial score (nSPS) is 31.4. The molecule has 2 rings (SSSR count). The zero-order chi connectivity index (χ0) is 12.1. The van der Waals surface area contributed by atoms with E-state index in [0.29, 0.717) is 0 Å². The summed E-state index contributed by atoms with van der Waals surface area (Å²) in [6.07, 6.45) is 13.2. The van der Waals surface area contributed by atoms with Crippen LogP contribution in [0.3, 0.4) is 0 Å². The standard InChI is InChI=1S/C16H31N/c1-3-10-17-16(12-14-6-5-7-14)15-9-8-13(4-2)11-15/h13-17H,3-12H2,1-2H3. The van der Waals surface area contributed by atoms with Gasteiger partial charge in [0.25, 0.3) is 0 Å². The molecule has 0 aromatic heterocycles. The van der Waals surface area contributed by atoms with Crippen molar-refractivity contribution < 1.29 is 0 Å². The number of rotatable bonds is 7. The third kappa shape index (κ3) is 3.71. The fourth-order valence-electron chi connectivity index (χ4n) is 3.71. The van der Waals surface area contributed by atoms with Crippen molar-refractivity contribution >= 4 is 0 Å². The Kier molecular flexibility index (Phi) is 5.34. The first kappa shape index (κ1) is 13.4. The van der Waals surface area contributed by atoms with Gasteiger partial charge in [0, 0.05) is 6.04 Å². The van der Waals surface area contributed by atoms with Gasteiger partial charge in [-0.1, -0.05) is 46.0 Å². The van der Waals surface area contributed by atoms with Crippen molar-refractivity contribution in [1.82, 2.24) is 5.32 Å². The van der Waals surface area contributed by atoms with Crippen LogP contribution < -0.4 is 5.32 Å². The Bertz CT molecular complexity index is 210. The summed E-state index contributed by atoms with van der Waals surface area (Å²) in [7, 11) is 0. The highest BCUT2D eigenvalue weighted by molar-refractivity contribution is 4.87. The molecular weight excluding hydrogens is 206 g/mol. The molecule has 0 aromatic rings. The van der Waals surface area contributed by atoms with E-state index < -0.39 is 0 Å². The highest BCUT2D eigenvalue weighted by Crippen LogP contribution is 2.39. The Labute approximate surface area is 108 Å². The van der Waals surface area contributed by atoms with Gasteiger partial charge >= 0.3 is 0 Å². The van der Waals surface area contributed by atoms with E-state index >= 15 is 0 Å². The molecule has 1 heteroatoms. The summed E-state index contributed by atoms with van der Waals surface area (Å²) in [5.74, 6) is 3.09. The molecule has 1 nitrogen and oxygen atoms in total. The molecule has 100 valence electrons. The topological polar surface area (TPSA) is 12.0 Å². The predicted molar refractivity (Wildman–Crippen MR) is 75.2 cm³/mol. The van der Waals surface area contributed by atoms with Crippen LogP contribution in [0.5, 0.6) is 0 Å². The molecule has 0 heterocycles. The van der Waals surface area contributed by atoms with Crippen LogP contribution in [0.25, 0.3) is 0 Å². The SMILES string of the molecule is CCCNC(CC1CCC1)C1CCC(CC)C1. The Hall–Kier alpha value is -0.0400. The molecule has 2 aliphatic carbocycles. The van der Waals surface area contributed by atoms with Crippen molar-refractivity contribution in [3.8, 4) is 0 Å². The largest absolute Gasteiger partial charge is 0.314 e. The van der Waals surface area contributed by atoms with Crippen molar-refractivity contribution in [3.63, 3.8) is 0 Å². The van der Waals surface area contributed by atoms with E-state index in [1.807, 2.05) is 0 Å². The van der Waals surface area contributed by atoms with Crippen molar-refractivity contribution in [2.24, 2.45) is 17.8 Å². The van der Waals surface area contributed by atoms with E-state index in [2.05, 4.69) is 19.2 Å². The Morgan fingerprint density at radius 2 is 1.88 bits per heavy atom. The minimum atomic E-state index is 0.844. The van der Waals surface area contributed by atoms with E-state index in [1.54, 1.807) is 0 Å². The maximum absolute atomic E-state index is 3.86. The van der Waals surface area contributed by atoms with Gasteiger partial charge in [0.05, 0.1) is 0 Å². The number of hydrogen-bond acceptors (Lipinski definition) is 1. The molecule has 2 saturated carbocycles. The van der Waals surface area contributed by atoms with E-state index in [0.717, 1.165) is 23.8 Å². The maximum Gasteiger partial charge on any atom is 0.00980 e. The van der Waals surface area contributed by atoms with Crippen molar-refractivity contribution in [1.29, 1.82) is 0 Å². The predicted octanol–water partition coefficient (Wildman–Crippen LogP) is 4.37. The average molecular weight is 237 g/mol.